The molecule has 2 bridgehead atoms. The van der Waals surface area contributed by atoms with Gasteiger partial charge in [0.1, 0.15) is 0 Å². The third-order valence-electron chi connectivity index (χ3n) is 9.20. The Labute approximate surface area is 237 Å². The molecule has 12 heteroatoms. The minimum atomic E-state index is -0.751. The molecule has 0 spiro atoms. The van der Waals surface area contributed by atoms with Gasteiger partial charge in [-0.3, -0.25) is 4.79 Å². The highest BCUT2D eigenvalue weighted by Crippen LogP contribution is 2.65. The van der Waals surface area contributed by atoms with Gasteiger partial charge in [-0.25, -0.2) is 15.1 Å². The lowest BCUT2D eigenvalue weighted by atomic mass is 9.43. The molecule has 3 saturated carbocycles. The van der Waals surface area contributed by atoms with Crippen LogP contribution < -0.4 is 21.8 Å². The maximum Gasteiger partial charge on any atom is 0.481 e. The van der Waals surface area contributed by atoms with Crippen LogP contribution >= 0.6 is 0 Å². The van der Waals surface area contributed by atoms with Crippen molar-refractivity contribution in [3.8, 4) is 0 Å². The molecule has 1 amide bonds. The van der Waals surface area contributed by atoms with E-state index in [9.17, 15) is 14.9 Å². The van der Waals surface area contributed by atoms with Crippen LogP contribution in [-0.2, 0) is 20.6 Å². The highest BCUT2D eigenvalue weighted by Gasteiger charge is 2.68. The van der Waals surface area contributed by atoms with Gasteiger partial charge < -0.3 is 25.7 Å². The van der Waals surface area contributed by atoms with Gasteiger partial charge >= 0.3 is 7.12 Å². The third kappa shape index (κ3) is 6.78. The fourth-order valence-corrected chi connectivity index (χ4v) is 6.89. The van der Waals surface area contributed by atoms with Gasteiger partial charge in [0.05, 0.1) is 23.7 Å². The summed E-state index contributed by atoms with van der Waals surface area (Å²) >= 11 is 0. The summed E-state index contributed by atoms with van der Waals surface area (Å²) in [6, 6.07) is 9.40. The molecule has 4 aliphatic rings. The summed E-state index contributed by atoms with van der Waals surface area (Å²) in [5.41, 5.74) is 8.34. The standard InChI is InChI=1S/C28H45BN6O5/c1-18(2)14-24(29-39-23-16-20-15-22(27(20,3)4)28(23,5)40-29)33-25(36)21(32-17-19-10-7-6-8-11-19)12-9-13-31-26(30)34-35(37)38/h6-8,10-11,18,20-24,32H,9,12-17H2,1-5H3,(H,33,36)(H3,30,31,34)/t20-,21+,22-,23-,24+,28+/m1/s1. The second kappa shape index (κ2) is 12.4. The molecule has 5 N–H and O–H groups in total. The molecule has 0 radical (unpaired) electrons. The molecule has 1 aromatic rings. The number of hydrogen-bond acceptors (Lipinski definition) is 7. The Kier molecular flexibility index (Phi) is 9.42. The number of nitrogens with zero attached hydrogens (tertiary/aromatic N) is 2. The molecule has 40 heavy (non-hydrogen) atoms. The molecule has 4 fully saturated rings. The van der Waals surface area contributed by atoms with Crippen molar-refractivity contribution in [3.63, 3.8) is 0 Å². The molecular formula is C28H45BN6O5. The van der Waals surface area contributed by atoms with Gasteiger partial charge in [0, 0.05) is 13.1 Å². The van der Waals surface area contributed by atoms with Crippen molar-refractivity contribution in [1.29, 1.82) is 0 Å². The zero-order valence-electron chi connectivity index (χ0n) is 24.4. The first-order valence-electron chi connectivity index (χ1n) is 14.5. The van der Waals surface area contributed by atoms with Crippen molar-refractivity contribution in [1.82, 2.24) is 16.1 Å². The molecule has 1 aliphatic heterocycles. The monoisotopic (exact) mass is 556 g/mol. The summed E-state index contributed by atoms with van der Waals surface area (Å²) in [5.74, 6) is 0.766. The van der Waals surface area contributed by atoms with Crippen LogP contribution in [0.2, 0.25) is 0 Å². The van der Waals surface area contributed by atoms with Crippen molar-refractivity contribution < 1.29 is 19.1 Å². The Balaban J connectivity index is 1.42. The molecule has 6 atom stereocenters. The maximum atomic E-state index is 13.7. The molecule has 0 aromatic heterocycles. The van der Waals surface area contributed by atoms with Crippen LogP contribution in [0.25, 0.3) is 0 Å². The van der Waals surface area contributed by atoms with Gasteiger partial charge in [0.2, 0.25) is 5.91 Å². The van der Waals surface area contributed by atoms with E-state index in [0.717, 1.165) is 18.4 Å². The summed E-state index contributed by atoms with van der Waals surface area (Å²) in [6.45, 7) is 11.9. The number of guanidine groups is 1. The van der Waals surface area contributed by atoms with Crippen molar-refractivity contribution in [2.45, 2.75) is 97.0 Å². The molecule has 1 saturated heterocycles. The van der Waals surface area contributed by atoms with Crippen LogP contribution in [0.3, 0.4) is 0 Å². The van der Waals surface area contributed by atoms with Gasteiger partial charge in [-0.2, -0.15) is 0 Å². The quantitative estimate of drug-likeness (QED) is 0.0723. The predicted molar refractivity (Wildman–Crippen MR) is 154 cm³/mol. The van der Waals surface area contributed by atoms with E-state index in [4.69, 9.17) is 15.0 Å². The summed E-state index contributed by atoms with van der Waals surface area (Å²) in [7, 11) is -0.496. The third-order valence-corrected chi connectivity index (χ3v) is 9.20. The number of nitrogens with one attached hydrogen (secondary N) is 3. The Bertz CT molecular complexity index is 1070. The molecule has 1 aromatic carbocycles. The molecule has 3 aliphatic carbocycles. The van der Waals surface area contributed by atoms with Crippen molar-refractivity contribution >= 4 is 19.0 Å². The number of hydrogen-bond donors (Lipinski definition) is 4. The van der Waals surface area contributed by atoms with Crippen LogP contribution in [0.15, 0.2) is 35.3 Å². The number of nitrogens with two attached hydrogens (primary N) is 1. The largest absolute Gasteiger partial charge is 0.481 e. The van der Waals surface area contributed by atoms with E-state index < -0.39 is 18.2 Å². The molecule has 5 rings (SSSR count). The van der Waals surface area contributed by atoms with Crippen LogP contribution in [0.5, 0.6) is 0 Å². The Morgan fingerprint density at radius 3 is 2.62 bits per heavy atom. The van der Waals surface area contributed by atoms with E-state index in [1.54, 1.807) is 0 Å². The van der Waals surface area contributed by atoms with Crippen LogP contribution in [-0.4, -0.2) is 54.3 Å². The zero-order chi connectivity index (χ0) is 29.1. The lowest BCUT2D eigenvalue weighted by Crippen LogP contribution is -2.65. The first kappa shape index (κ1) is 30.3. The summed E-state index contributed by atoms with van der Waals surface area (Å²) in [4.78, 5) is 28.3. The average molecular weight is 557 g/mol. The lowest BCUT2D eigenvalue weighted by molar-refractivity contribution is -0.525. The van der Waals surface area contributed by atoms with E-state index >= 15 is 0 Å². The first-order chi connectivity index (χ1) is 18.9. The molecular weight excluding hydrogens is 511 g/mol. The van der Waals surface area contributed by atoms with Gasteiger partial charge in [0.15, 0.2) is 5.03 Å². The van der Waals surface area contributed by atoms with E-state index in [1.807, 2.05) is 35.8 Å². The van der Waals surface area contributed by atoms with Crippen LogP contribution in [0.1, 0.15) is 72.3 Å². The summed E-state index contributed by atoms with van der Waals surface area (Å²) in [5, 5.41) is 16.5. The van der Waals surface area contributed by atoms with E-state index in [2.05, 4.69) is 50.2 Å². The lowest BCUT2D eigenvalue weighted by Gasteiger charge is -2.64. The van der Waals surface area contributed by atoms with Gasteiger partial charge in [-0.15, -0.1) is 0 Å². The van der Waals surface area contributed by atoms with Crippen molar-refractivity contribution in [3.05, 3.63) is 46.0 Å². The fourth-order valence-electron chi connectivity index (χ4n) is 6.89. The SMILES string of the molecule is CC(C)C[C@H](NC(=O)[C@H](CCCN=C(N)N[N+](=O)[O-])NCc1ccccc1)B1O[C@@H]2C[C@H]3C[C@H](C3(C)C)[C@]2(C)O1. The number of nitro groups is 1. The van der Waals surface area contributed by atoms with E-state index in [-0.39, 0.29) is 41.5 Å². The number of carbonyl (C=O) groups is 1. The second-order valence-corrected chi connectivity index (χ2v) is 12.8. The minimum absolute atomic E-state index is 0.0453. The number of rotatable bonds is 13. The van der Waals surface area contributed by atoms with Crippen LogP contribution in [0.4, 0.5) is 0 Å². The molecule has 1 heterocycles. The second-order valence-electron chi connectivity index (χ2n) is 12.8. The highest BCUT2D eigenvalue weighted by molar-refractivity contribution is 6.47. The van der Waals surface area contributed by atoms with E-state index in [0.29, 0.717) is 37.1 Å². The molecule has 11 nitrogen and oxygen atoms in total. The minimum Gasteiger partial charge on any atom is -0.404 e. The first-order valence-corrected chi connectivity index (χ1v) is 14.5. The number of aliphatic imine (C=N–C) groups is 1. The predicted octanol–water partition coefficient (Wildman–Crippen LogP) is 2.82. The normalized spacial score (nSPS) is 28.4. The average Bonchev–Trinajstić information content (AvgIpc) is 3.25. The summed E-state index contributed by atoms with van der Waals surface area (Å²) < 4.78 is 13.3. The van der Waals surface area contributed by atoms with Crippen LogP contribution in [0, 0.1) is 33.3 Å². The van der Waals surface area contributed by atoms with Gasteiger partial charge in [0.25, 0.3) is 5.96 Å². The smallest absolute Gasteiger partial charge is 0.404 e. The van der Waals surface area contributed by atoms with Crippen molar-refractivity contribution in [2.75, 3.05) is 6.54 Å². The fraction of sp³-hybridized carbons (Fsp3) is 0.714. The number of amides is 1. The summed E-state index contributed by atoms with van der Waals surface area (Å²) in [6.07, 6.45) is 3.94. The molecule has 0 unspecified atom stereocenters. The van der Waals surface area contributed by atoms with Crippen molar-refractivity contribution in [2.24, 2.45) is 33.9 Å². The Hall–Kier alpha value is -2.70. The Morgan fingerprint density at radius 1 is 1.25 bits per heavy atom. The van der Waals surface area contributed by atoms with Gasteiger partial charge in [-0.05, 0) is 67.8 Å². The number of carbonyl (C=O) groups excluding carboxylic acids is 1. The number of benzene rings is 1. The maximum absolute atomic E-state index is 13.7. The number of hydrazine groups is 1. The zero-order valence-corrected chi connectivity index (χ0v) is 24.4. The highest BCUT2D eigenvalue weighted by atomic mass is 16.7. The van der Waals surface area contributed by atoms with E-state index in [1.165, 1.54) is 6.42 Å². The Morgan fingerprint density at radius 2 is 1.98 bits per heavy atom. The topological polar surface area (TPSA) is 153 Å². The van der Waals surface area contributed by atoms with Gasteiger partial charge in [-0.1, -0.05) is 63.5 Å². The molecule has 220 valence electrons.